The Kier molecular flexibility index (Phi) is 4.34. The van der Waals surface area contributed by atoms with Crippen LogP contribution in [0.4, 0.5) is 5.69 Å². The fourth-order valence-electron chi connectivity index (χ4n) is 1.25. The number of amidine groups is 1. The zero-order valence-corrected chi connectivity index (χ0v) is 12.1. The van der Waals surface area contributed by atoms with Crippen LogP contribution in [0.25, 0.3) is 0 Å². The molecule has 18 heavy (non-hydrogen) atoms. The van der Waals surface area contributed by atoms with Crippen LogP contribution >= 0.6 is 15.9 Å². The van der Waals surface area contributed by atoms with Gasteiger partial charge in [0.15, 0.2) is 5.84 Å². The Labute approximate surface area is 114 Å². The second-order valence-corrected chi connectivity index (χ2v) is 5.38. The Bertz CT molecular complexity index is 498. The SMILES string of the molecule is Cc1cc(NC(=O)C(C)(C)C(N)=NO)ccc1Br. The highest BCUT2D eigenvalue weighted by molar-refractivity contribution is 9.10. The van der Waals surface area contributed by atoms with Crippen molar-refractivity contribution in [3.05, 3.63) is 28.2 Å². The fraction of sp³-hybridized carbons (Fsp3) is 0.333. The summed E-state index contributed by atoms with van der Waals surface area (Å²) in [4.78, 5) is 12.0. The van der Waals surface area contributed by atoms with Crippen LogP contribution in [0.3, 0.4) is 0 Å². The van der Waals surface area contributed by atoms with Crippen molar-refractivity contribution < 1.29 is 10.0 Å². The number of rotatable bonds is 3. The lowest BCUT2D eigenvalue weighted by Gasteiger charge is -2.21. The quantitative estimate of drug-likeness (QED) is 0.347. The molecule has 6 heteroatoms. The molecule has 0 spiro atoms. The van der Waals surface area contributed by atoms with Crippen molar-refractivity contribution in [3.63, 3.8) is 0 Å². The molecule has 0 aliphatic heterocycles. The average Bonchev–Trinajstić information content (AvgIpc) is 2.32. The minimum Gasteiger partial charge on any atom is -0.409 e. The van der Waals surface area contributed by atoms with Gasteiger partial charge in [0.05, 0.1) is 0 Å². The largest absolute Gasteiger partial charge is 0.409 e. The second kappa shape index (κ2) is 5.39. The van der Waals surface area contributed by atoms with Crippen LogP contribution in [-0.4, -0.2) is 17.0 Å². The third-order valence-electron chi connectivity index (χ3n) is 2.73. The van der Waals surface area contributed by atoms with Crippen LogP contribution in [-0.2, 0) is 4.79 Å². The smallest absolute Gasteiger partial charge is 0.237 e. The molecule has 1 aromatic carbocycles. The molecule has 0 aromatic heterocycles. The van der Waals surface area contributed by atoms with E-state index in [1.807, 2.05) is 19.1 Å². The second-order valence-electron chi connectivity index (χ2n) is 4.53. The highest BCUT2D eigenvalue weighted by atomic mass is 79.9. The zero-order valence-electron chi connectivity index (χ0n) is 10.5. The Balaban J connectivity index is 2.91. The molecule has 0 unspecified atom stereocenters. The van der Waals surface area contributed by atoms with E-state index >= 15 is 0 Å². The number of nitrogens with two attached hydrogens (primary N) is 1. The standard InChI is InChI=1S/C12H16BrN3O2/c1-7-6-8(4-5-9(7)13)15-11(17)12(2,3)10(14)16-18/h4-6,18H,1-3H3,(H2,14,16)(H,15,17). The maximum Gasteiger partial charge on any atom is 0.237 e. The third-order valence-corrected chi connectivity index (χ3v) is 3.62. The van der Waals surface area contributed by atoms with Gasteiger partial charge in [-0.15, -0.1) is 0 Å². The lowest BCUT2D eigenvalue weighted by molar-refractivity contribution is -0.121. The van der Waals surface area contributed by atoms with Gasteiger partial charge in [-0.3, -0.25) is 4.79 Å². The van der Waals surface area contributed by atoms with Gasteiger partial charge < -0.3 is 16.3 Å². The Hall–Kier alpha value is -1.56. The van der Waals surface area contributed by atoms with Crippen LogP contribution in [0, 0.1) is 12.3 Å². The molecule has 0 saturated heterocycles. The third kappa shape index (κ3) is 3.01. The minimum absolute atomic E-state index is 0.131. The summed E-state index contributed by atoms with van der Waals surface area (Å²) in [6.45, 7) is 5.10. The molecule has 0 saturated carbocycles. The number of anilines is 1. The van der Waals surface area contributed by atoms with Gasteiger partial charge in [0.25, 0.3) is 0 Å². The van der Waals surface area contributed by atoms with E-state index < -0.39 is 5.41 Å². The molecule has 1 aromatic rings. The lowest BCUT2D eigenvalue weighted by Crippen LogP contribution is -2.42. The first-order valence-corrected chi connectivity index (χ1v) is 6.14. The van der Waals surface area contributed by atoms with E-state index in [4.69, 9.17) is 10.9 Å². The number of carbonyl (C=O) groups is 1. The first kappa shape index (κ1) is 14.5. The van der Waals surface area contributed by atoms with Crippen LogP contribution in [0.2, 0.25) is 0 Å². The molecule has 0 atom stereocenters. The Morgan fingerprint density at radius 3 is 2.61 bits per heavy atom. The van der Waals surface area contributed by atoms with Gasteiger partial charge in [0, 0.05) is 10.2 Å². The molecule has 1 amide bonds. The summed E-state index contributed by atoms with van der Waals surface area (Å²) in [7, 11) is 0. The number of hydrogen-bond donors (Lipinski definition) is 3. The van der Waals surface area contributed by atoms with Gasteiger partial charge in [-0.05, 0) is 44.5 Å². The van der Waals surface area contributed by atoms with Gasteiger partial charge in [-0.1, -0.05) is 21.1 Å². The maximum atomic E-state index is 12.0. The molecule has 0 radical (unpaired) electrons. The molecule has 5 nitrogen and oxygen atoms in total. The topological polar surface area (TPSA) is 87.7 Å². The number of hydrogen-bond acceptors (Lipinski definition) is 3. The van der Waals surface area contributed by atoms with E-state index in [1.165, 1.54) is 0 Å². The lowest BCUT2D eigenvalue weighted by atomic mass is 9.91. The Morgan fingerprint density at radius 2 is 2.11 bits per heavy atom. The molecule has 98 valence electrons. The summed E-state index contributed by atoms with van der Waals surface area (Å²) in [5.41, 5.74) is 6.09. The van der Waals surface area contributed by atoms with Crippen molar-refractivity contribution in [1.82, 2.24) is 0 Å². The number of aryl methyl sites for hydroxylation is 1. The van der Waals surface area contributed by atoms with Crippen molar-refractivity contribution >= 4 is 33.4 Å². The number of oxime groups is 1. The van der Waals surface area contributed by atoms with Crippen LogP contribution in [0.5, 0.6) is 0 Å². The number of amides is 1. The van der Waals surface area contributed by atoms with Crippen molar-refractivity contribution in [2.45, 2.75) is 20.8 Å². The molecule has 4 N–H and O–H groups in total. The van der Waals surface area contributed by atoms with Gasteiger partial charge >= 0.3 is 0 Å². The first-order valence-electron chi connectivity index (χ1n) is 5.34. The monoisotopic (exact) mass is 313 g/mol. The summed E-state index contributed by atoms with van der Waals surface area (Å²) in [5, 5.41) is 14.3. The number of carbonyl (C=O) groups excluding carboxylic acids is 1. The van der Waals surface area contributed by atoms with Gasteiger partial charge in [-0.2, -0.15) is 0 Å². The molecule has 0 aliphatic rings. The fourth-order valence-corrected chi connectivity index (χ4v) is 1.50. The molecular formula is C12H16BrN3O2. The van der Waals surface area contributed by atoms with Gasteiger partial charge in [-0.25, -0.2) is 0 Å². The van der Waals surface area contributed by atoms with E-state index in [0.29, 0.717) is 5.69 Å². The average molecular weight is 314 g/mol. The van der Waals surface area contributed by atoms with E-state index in [1.54, 1.807) is 19.9 Å². The van der Waals surface area contributed by atoms with Crippen LogP contribution < -0.4 is 11.1 Å². The van der Waals surface area contributed by atoms with E-state index in [-0.39, 0.29) is 11.7 Å². The molecular weight excluding hydrogens is 298 g/mol. The summed E-state index contributed by atoms with van der Waals surface area (Å²) in [5.74, 6) is -0.464. The number of nitrogens with zero attached hydrogens (tertiary/aromatic N) is 1. The maximum absolute atomic E-state index is 12.0. The molecule has 0 aliphatic carbocycles. The highest BCUT2D eigenvalue weighted by Crippen LogP contribution is 2.23. The van der Waals surface area contributed by atoms with E-state index in [2.05, 4.69) is 26.4 Å². The number of benzene rings is 1. The van der Waals surface area contributed by atoms with Crippen LogP contribution in [0.15, 0.2) is 27.8 Å². The number of halogens is 1. The van der Waals surface area contributed by atoms with Crippen molar-refractivity contribution in [2.75, 3.05) is 5.32 Å². The predicted molar refractivity (Wildman–Crippen MR) is 74.7 cm³/mol. The predicted octanol–water partition coefficient (Wildman–Crippen LogP) is 2.47. The van der Waals surface area contributed by atoms with Gasteiger partial charge in [0.1, 0.15) is 5.41 Å². The number of nitrogens with one attached hydrogen (secondary N) is 1. The first-order chi connectivity index (χ1) is 8.28. The summed E-state index contributed by atoms with van der Waals surface area (Å²) in [6, 6.07) is 5.46. The van der Waals surface area contributed by atoms with E-state index in [0.717, 1.165) is 10.0 Å². The molecule has 1 rings (SSSR count). The van der Waals surface area contributed by atoms with Crippen molar-refractivity contribution in [1.29, 1.82) is 0 Å². The highest BCUT2D eigenvalue weighted by Gasteiger charge is 2.32. The van der Waals surface area contributed by atoms with Crippen LogP contribution in [0.1, 0.15) is 19.4 Å². The summed E-state index contributed by atoms with van der Waals surface area (Å²) < 4.78 is 0.969. The summed E-state index contributed by atoms with van der Waals surface area (Å²) in [6.07, 6.45) is 0. The Morgan fingerprint density at radius 1 is 1.50 bits per heavy atom. The molecule has 0 fully saturated rings. The molecule has 0 heterocycles. The normalized spacial score (nSPS) is 12.3. The van der Waals surface area contributed by atoms with Crippen molar-refractivity contribution in [3.8, 4) is 0 Å². The minimum atomic E-state index is -1.07. The van der Waals surface area contributed by atoms with Gasteiger partial charge in [0.2, 0.25) is 5.91 Å². The van der Waals surface area contributed by atoms with Crippen molar-refractivity contribution in [2.24, 2.45) is 16.3 Å². The molecule has 0 bridgehead atoms. The summed E-state index contributed by atoms with van der Waals surface area (Å²) >= 11 is 3.38. The zero-order chi connectivity index (χ0) is 13.9. The van der Waals surface area contributed by atoms with E-state index in [9.17, 15) is 4.79 Å².